The third-order valence-electron chi connectivity index (χ3n) is 4.01. The van der Waals surface area contributed by atoms with Crippen molar-refractivity contribution in [1.82, 2.24) is 10.2 Å². The summed E-state index contributed by atoms with van der Waals surface area (Å²) in [5.74, 6) is 0.131. The molecule has 1 aliphatic carbocycles. The zero-order valence-corrected chi connectivity index (χ0v) is 11.4. The summed E-state index contributed by atoms with van der Waals surface area (Å²) in [6, 6.07) is 3.04. The van der Waals surface area contributed by atoms with Gasteiger partial charge >= 0.3 is 6.09 Å². The molecule has 0 bridgehead atoms. The van der Waals surface area contributed by atoms with Crippen molar-refractivity contribution in [3.63, 3.8) is 0 Å². The summed E-state index contributed by atoms with van der Waals surface area (Å²) in [7, 11) is 2.10. The van der Waals surface area contributed by atoms with Crippen LogP contribution in [0, 0.1) is 17.2 Å². The Bertz CT molecular complexity index is 325. The van der Waals surface area contributed by atoms with Crippen LogP contribution >= 0.6 is 0 Å². The average molecular weight is 253 g/mol. The van der Waals surface area contributed by atoms with E-state index in [0.717, 1.165) is 19.3 Å². The highest BCUT2D eigenvalue weighted by Gasteiger charge is 2.33. The molecule has 0 saturated heterocycles. The molecule has 3 atom stereocenters. The molecule has 0 aromatic carbocycles. The average Bonchev–Trinajstić information content (AvgIpc) is 2.30. The van der Waals surface area contributed by atoms with Crippen LogP contribution in [0.1, 0.15) is 39.5 Å². The van der Waals surface area contributed by atoms with E-state index < -0.39 is 6.09 Å². The first-order chi connectivity index (χ1) is 8.45. The Morgan fingerprint density at radius 2 is 2.22 bits per heavy atom. The molecule has 1 rings (SSSR count). The zero-order chi connectivity index (χ0) is 13.7. The van der Waals surface area contributed by atoms with Crippen molar-refractivity contribution in [1.29, 1.82) is 5.26 Å². The highest BCUT2D eigenvalue weighted by atomic mass is 16.4. The smallest absolute Gasteiger partial charge is 0.404 e. The maximum Gasteiger partial charge on any atom is 0.404 e. The maximum atomic E-state index is 10.7. The van der Waals surface area contributed by atoms with Crippen molar-refractivity contribution >= 4 is 6.09 Å². The molecule has 0 aliphatic heterocycles. The van der Waals surface area contributed by atoms with E-state index in [4.69, 9.17) is 10.4 Å². The van der Waals surface area contributed by atoms with Crippen molar-refractivity contribution in [2.24, 2.45) is 5.92 Å². The Labute approximate surface area is 109 Å². The van der Waals surface area contributed by atoms with Crippen LogP contribution in [0.5, 0.6) is 0 Å². The van der Waals surface area contributed by atoms with Crippen LogP contribution in [0.2, 0.25) is 0 Å². The van der Waals surface area contributed by atoms with Gasteiger partial charge in [0.25, 0.3) is 0 Å². The first-order valence-corrected chi connectivity index (χ1v) is 6.54. The van der Waals surface area contributed by atoms with Crippen LogP contribution < -0.4 is 5.32 Å². The summed E-state index contributed by atoms with van der Waals surface area (Å²) in [6.07, 6.45) is 2.14. The maximum absolute atomic E-state index is 10.7. The van der Waals surface area contributed by atoms with E-state index in [1.165, 1.54) is 0 Å². The summed E-state index contributed by atoms with van der Waals surface area (Å²) in [6.45, 7) is 4.31. The second kappa shape index (κ2) is 6.60. The molecular formula is C13H23N3O2. The lowest BCUT2D eigenvalue weighted by molar-refractivity contribution is 0.106. The molecule has 5 heteroatoms. The van der Waals surface area contributed by atoms with E-state index in [9.17, 15) is 4.79 Å². The SMILES string of the molecule is CC(C)N(C)[C@@H]1CC[C@H](NC(=O)O)[C@H](CC#N)C1. The van der Waals surface area contributed by atoms with Crippen LogP contribution in [0.4, 0.5) is 4.79 Å². The molecule has 1 fully saturated rings. The molecule has 0 aromatic heterocycles. The minimum Gasteiger partial charge on any atom is -0.465 e. The first kappa shape index (κ1) is 14.8. The quantitative estimate of drug-likeness (QED) is 0.804. The lowest BCUT2D eigenvalue weighted by atomic mass is 9.79. The van der Waals surface area contributed by atoms with Gasteiger partial charge in [0.2, 0.25) is 0 Å². The topological polar surface area (TPSA) is 76.4 Å². The van der Waals surface area contributed by atoms with E-state index in [0.29, 0.717) is 18.5 Å². The minimum absolute atomic E-state index is 0.0704. The van der Waals surface area contributed by atoms with Gasteiger partial charge in [-0.3, -0.25) is 0 Å². The number of hydrogen-bond acceptors (Lipinski definition) is 3. The Morgan fingerprint density at radius 3 is 2.72 bits per heavy atom. The predicted molar refractivity (Wildman–Crippen MR) is 69.2 cm³/mol. The molecular weight excluding hydrogens is 230 g/mol. The number of nitrogens with one attached hydrogen (secondary N) is 1. The Balaban J connectivity index is 2.64. The fourth-order valence-corrected chi connectivity index (χ4v) is 2.72. The van der Waals surface area contributed by atoms with E-state index in [-0.39, 0.29) is 12.0 Å². The van der Waals surface area contributed by atoms with Gasteiger partial charge in [-0.1, -0.05) is 0 Å². The lowest BCUT2D eigenvalue weighted by Gasteiger charge is -2.40. The molecule has 1 amide bonds. The molecule has 0 heterocycles. The number of nitriles is 1. The third kappa shape index (κ3) is 3.88. The third-order valence-corrected chi connectivity index (χ3v) is 4.01. The van der Waals surface area contributed by atoms with Gasteiger partial charge in [0, 0.05) is 24.5 Å². The molecule has 18 heavy (non-hydrogen) atoms. The van der Waals surface area contributed by atoms with Gasteiger partial charge in [0.1, 0.15) is 0 Å². The van der Waals surface area contributed by atoms with Crippen LogP contribution in [0.3, 0.4) is 0 Å². The Kier molecular flexibility index (Phi) is 5.42. The molecule has 1 aliphatic rings. The van der Waals surface area contributed by atoms with Crippen molar-refractivity contribution in [3.05, 3.63) is 0 Å². The van der Waals surface area contributed by atoms with E-state index in [1.807, 2.05) is 0 Å². The van der Waals surface area contributed by atoms with E-state index >= 15 is 0 Å². The number of rotatable bonds is 4. The standard InChI is InChI=1S/C13H23N3O2/c1-9(2)16(3)11-4-5-12(15-13(17)18)10(8-11)6-7-14/h9-12,15H,4-6,8H2,1-3H3,(H,17,18)/t10-,11-,12+/m1/s1. The van der Waals surface area contributed by atoms with Gasteiger partial charge in [-0.15, -0.1) is 0 Å². The second-order valence-electron chi connectivity index (χ2n) is 5.40. The van der Waals surface area contributed by atoms with E-state index in [2.05, 4.69) is 37.2 Å². The highest BCUT2D eigenvalue weighted by molar-refractivity contribution is 5.64. The Hall–Kier alpha value is -1.28. The normalized spacial score (nSPS) is 28.1. The fourth-order valence-electron chi connectivity index (χ4n) is 2.72. The van der Waals surface area contributed by atoms with Crippen LogP contribution in [-0.2, 0) is 0 Å². The van der Waals surface area contributed by atoms with Crippen molar-refractivity contribution in [3.8, 4) is 6.07 Å². The number of amides is 1. The highest BCUT2D eigenvalue weighted by Crippen LogP contribution is 2.30. The summed E-state index contributed by atoms with van der Waals surface area (Å²) < 4.78 is 0. The van der Waals surface area contributed by atoms with Gasteiger partial charge in [-0.2, -0.15) is 5.26 Å². The molecule has 1 saturated carbocycles. The second-order valence-corrected chi connectivity index (χ2v) is 5.40. The zero-order valence-electron chi connectivity index (χ0n) is 11.4. The number of nitrogens with zero attached hydrogens (tertiary/aromatic N) is 2. The molecule has 2 N–H and O–H groups in total. The van der Waals surface area contributed by atoms with Crippen molar-refractivity contribution in [2.45, 2.75) is 57.7 Å². The first-order valence-electron chi connectivity index (χ1n) is 6.54. The summed E-state index contributed by atoms with van der Waals surface area (Å²) in [4.78, 5) is 13.1. The number of hydrogen-bond donors (Lipinski definition) is 2. The van der Waals surface area contributed by atoms with Gasteiger partial charge in [0.05, 0.1) is 6.07 Å². The van der Waals surface area contributed by atoms with Crippen molar-refractivity contribution in [2.75, 3.05) is 7.05 Å². The van der Waals surface area contributed by atoms with Gasteiger partial charge in [-0.05, 0) is 46.1 Å². The largest absolute Gasteiger partial charge is 0.465 e. The molecule has 5 nitrogen and oxygen atoms in total. The fraction of sp³-hybridized carbons (Fsp3) is 0.846. The van der Waals surface area contributed by atoms with Crippen LogP contribution in [0.15, 0.2) is 0 Å². The van der Waals surface area contributed by atoms with Crippen molar-refractivity contribution < 1.29 is 9.90 Å². The summed E-state index contributed by atoms with van der Waals surface area (Å²) in [5.41, 5.74) is 0. The minimum atomic E-state index is -0.987. The van der Waals surface area contributed by atoms with Crippen LogP contribution in [-0.4, -0.2) is 41.3 Å². The van der Waals surface area contributed by atoms with Gasteiger partial charge in [-0.25, -0.2) is 4.79 Å². The molecule has 0 unspecified atom stereocenters. The lowest BCUT2D eigenvalue weighted by Crippen LogP contribution is -2.49. The molecule has 102 valence electrons. The molecule has 0 aromatic rings. The Morgan fingerprint density at radius 1 is 1.56 bits per heavy atom. The number of carboxylic acid groups (broad SMARTS) is 1. The van der Waals surface area contributed by atoms with E-state index in [1.54, 1.807) is 0 Å². The molecule has 0 spiro atoms. The summed E-state index contributed by atoms with van der Waals surface area (Å²) >= 11 is 0. The molecule has 0 radical (unpaired) electrons. The number of carbonyl (C=O) groups is 1. The monoisotopic (exact) mass is 253 g/mol. The summed E-state index contributed by atoms with van der Waals surface area (Å²) in [5, 5.41) is 20.2. The van der Waals surface area contributed by atoms with Gasteiger partial charge < -0.3 is 15.3 Å². The van der Waals surface area contributed by atoms with Gasteiger partial charge in [0.15, 0.2) is 0 Å². The predicted octanol–water partition coefficient (Wildman–Crippen LogP) is 2.05. The van der Waals surface area contributed by atoms with Crippen LogP contribution in [0.25, 0.3) is 0 Å².